The molecule has 0 aliphatic rings. The predicted molar refractivity (Wildman–Crippen MR) is 118 cm³/mol. The highest BCUT2D eigenvalue weighted by Crippen LogP contribution is 2.36. The summed E-state index contributed by atoms with van der Waals surface area (Å²) in [5, 5.41) is 11.6. The highest BCUT2D eigenvalue weighted by atomic mass is 35.5. The zero-order valence-corrected chi connectivity index (χ0v) is 17.7. The molecule has 0 unspecified atom stereocenters. The van der Waals surface area contributed by atoms with E-state index >= 15 is 0 Å². The number of nitrogens with one attached hydrogen (secondary N) is 1. The lowest BCUT2D eigenvalue weighted by Crippen LogP contribution is -2.20. The summed E-state index contributed by atoms with van der Waals surface area (Å²) in [7, 11) is 0. The molecule has 0 spiro atoms. The van der Waals surface area contributed by atoms with Gasteiger partial charge in [0.1, 0.15) is 5.25 Å². The van der Waals surface area contributed by atoms with Crippen LogP contribution < -0.4 is 11.2 Å². The lowest BCUT2D eigenvalue weighted by atomic mass is 10.1. The van der Waals surface area contributed by atoms with Gasteiger partial charge >= 0.3 is 0 Å². The average Bonchev–Trinajstić information content (AvgIpc) is 3.36. The van der Waals surface area contributed by atoms with Gasteiger partial charge < -0.3 is 15.6 Å². The molecule has 0 saturated heterocycles. The molecule has 10 heteroatoms. The third kappa shape index (κ3) is 4.46. The number of carbonyl (C=O) groups excluding carboxylic acids is 1. The quantitative estimate of drug-likeness (QED) is 0.309. The highest BCUT2D eigenvalue weighted by Gasteiger charge is 2.26. The number of hydrogen-bond donors (Lipinski definition) is 2. The van der Waals surface area contributed by atoms with Crippen LogP contribution in [-0.4, -0.2) is 20.8 Å². The summed E-state index contributed by atoms with van der Waals surface area (Å²) >= 11 is 13.3. The molecule has 4 aromatic rings. The number of benzene rings is 2. The van der Waals surface area contributed by atoms with Crippen LogP contribution in [0.25, 0.3) is 11.6 Å². The number of furan rings is 1. The number of thioether (sulfide) groups is 1. The number of carbonyl (C=O) groups is 1. The van der Waals surface area contributed by atoms with Crippen LogP contribution >= 0.6 is 35.0 Å². The fourth-order valence-electron chi connectivity index (χ4n) is 2.77. The molecule has 0 fully saturated rings. The maximum absolute atomic E-state index is 13.2. The Kier molecular flexibility index (Phi) is 5.98. The van der Waals surface area contributed by atoms with E-state index in [0.717, 1.165) is 5.56 Å². The minimum Gasteiger partial charge on any atom is -0.461 e. The molecule has 2 aromatic carbocycles. The van der Waals surface area contributed by atoms with Crippen molar-refractivity contribution in [2.45, 2.75) is 10.4 Å². The van der Waals surface area contributed by atoms with Crippen LogP contribution in [0.2, 0.25) is 10.0 Å². The van der Waals surface area contributed by atoms with Gasteiger partial charge in [0.2, 0.25) is 16.9 Å². The first-order valence-electron chi connectivity index (χ1n) is 8.74. The minimum atomic E-state index is -0.653. The van der Waals surface area contributed by atoms with Crippen molar-refractivity contribution in [1.29, 1.82) is 0 Å². The first-order valence-corrected chi connectivity index (χ1v) is 10.4. The SMILES string of the molecule is Nn1c(S[C@@H](C(=O)Nc2cc(Cl)cc(Cl)c2)c2ccccc2)nnc1-c1ccco1. The molecule has 7 nitrogen and oxygen atoms in total. The second-order valence-electron chi connectivity index (χ2n) is 6.21. The predicted octanol–water partition coefficient (Wildman–Crippen LogP) is 5.03. The molecular formula is C20H15Cl2N5O2S. The number of anilines is 1. The van der Waals surface area contributed by atoms with E-state index in [1.165, 1.54) is 22.7 Å². The Balaban J connectivity index is 1.63. The van der Waals surface area contributed by atoms with E-state index in [1.807, 2.05) is 30.3 Å². The first kappa shape index (κ1) is 20.3. The molecule has 2 heterocycles. The van der Waals surface area contributed by atoms with Crippen molar-refractivity contribution < 1.29 is 9.21 Å². The summed E-state index contributed by atoms with van der Waals surface area (Å²) in [5.74, 6) is 6.71. The Morgan fingerprint density at radius 3 is 2.47 bits per heavy atom. The van der Waals surface area contributed by atoms with E-state index < -0.39 is 5.25 Å². The molecule has 0 bridgehead atoms. The van der Waals surface area contributed by atoms with Crippen LogP contribution in [0.1, 0.15) is 10.8 Å². The minimum absolute atomic E-state index is 0.285. The number of aromatic nitrogens is 3. The Hall–Kier alpha value is -2.94. The van der Waals surface area contributed by atoms with Crippen LogP contribution in [0.15, 0.2) is 76.5 Å². The summed E-state index contributed by atoms with van der Waals surface area (Å²) in [4.78, 5) is 13.2. The number of hydrogen-bond acceptors (Lipinski definition) is 6. The summed E-state index contributed by atoms with van der Waals surface area (Å²) in [6.45, 7) is 0. The van der Waals surface area contributed by atoms with Crippen molar-refractivity contribution in [3.8, 4) is 11.6 Å². The van der Waals surface area contributed by atoms with Gasteiger partial charge in [-0.2, -0.15) is 0 Å². The number of nitrogens with two attached hydrogens (primary N) is 1. The summed E-state index contributed by atoms with van der Waals surface area (Å²) < 4.78 is 6.63. The van der Waals surface area contributed by atoms with Crippen LogP contribution in [0.3, 0.4) is 0 Å². The molecular weight excluding hydrogens is 445 g/mol. The Bertz CT molecular complexity index is 1150. The van der Waals surface area contributed by atoms with E-state index in [0.29, 0.717) is 32.5 Å². The lowest BCUT2D eigenvalue weighted by Gasteiger charge is -2.16. The molecule has 0 radical (unpaired) electrons. The average molecular weight is 460 g/mol. The Labute approximate surface area is 186 Å². The van der Waals surface area contributed by atoms with Crippen molar-refractivity contribution in [2.75, 3.05) is 11.2 Å². The topological polar surface area (TPSA) is 99.0 Å². The van der Waals surface area contributed by atoms with Crippen LogP contribution in [0.5, 0.6) is 0 Å². The van der Waals surface area contributed by atoms with Crippen molar-refractivity contribution in [1.82, 2.24) is 14.9 Å². The molecule has 0 aliphatic heterocycles. The first-order chi connectivity index (χ1) is 14.5. The van der Waals surface area contributed by atoms with Crippen molar-refractivity contribution in [2.24, 2.45) is 0 Å². The second kappa shape index (κ2) is 8.83. The third-order valence-electron chi connectivity index (χ3n) is 4.10. The Morgan fingerprint density at radius 2 is 1.80 bits per heavy atom. The van der Waals surface area contributed by atoms with Gasteiger partial charge in [-0.15, -0.1) is 10.2 Å². The molecule has 3 N–H and O–H groups in total. The van der Waals surface area contributed by atoms with E-state index in [4.69, 9.17) is 33.5 Å². The highest BCUT2D eigenvalue weighted by molar-refractivity contribution is 8.00. The third-order valence-corrected chi connectivity index (χ3v) is 5.75. The van der Waals surface area contributed by atoms with Crippen LogP contribution in [0.4, 0.5) is 5.69 Å². The van der Waals surface area contributed by atoms with E-state index in [1.54, 1.807) is 30.3 Å². The number of amides is 1. The van der Waals surface area contributed by atoms with Gasteiger partial charge in [-0.25, -0.2) is 4.68 Å². The molecule has 1 amide bonds. The van der Waals surface area contributed by atoms with Gasteiger partial charge in [-0.05, 0) is 35.9 Å². The van der Waals surface area contributed by atoms with Crippen LogP contribution in [0, 0.1) is 0 Å². The van der Waals surface area contributed by atoms with Crippen molar-refractivity contribution in [3.63, 3.8) is 0 Å². The monoisotopic (exact) mass is 459 g/mol. The van der Waals surface area contributed by atoms with E-state index in [9.17, 15) is 4.79 Å². The fourth-order valence-corrected chi connectivity index (χ4v) is 4.26. The van der Waals surface area contributed by atoms with E-state index in [2.05, 4.69) is 15.5 Å². The Morgan fingerprint density at radius 1 is 1.07 bits per heavy atom. The zero-order chi connectivity index (χ0) is 21.1. The number of rotatable bonds is 6. The molecule has 30 heavy (non-hydrogen) atoms. The van der Waals surface area contributed by atoms with Gasteiger partial charge in [-0.3, -0.25) is 4.79 Å². The molecule has 4 rings (SSSR count). The van der Waals surface area contributed by atoms with Gasteiger partial charge in [0.05, 0.1) is 6.26 Å². The van der Waals surface area contributed by atoms with Gasteiger partial charge in [-0.1, -0.05) is 65.3 Å². The lowest BCUT2D eigenvalue weighted by molar-refractivity contribution is -0.115. The normalized spacial score (nSPS) is 11.9. The van der Waals surface area contributed by atoms with E-state index in [-0.39, 0.29) is 5.91 Å². The summed E-state index contributed by atoms with van der Waals surface area (Å²) in [5.41, 5.74) is 1.26. The second-order valence-corrected chi connectivity index (χ2v) is 8.15. The van der Waals surface area contributed by atoms with Gasteiger partial charge in [0, 0.05) is 15.7 Å². The van der Waals surface area contributed by atoms with Crippen molar-refractivity contribution >= 4 is 46.6 Å². The van der Waals surface area contributed by atoms with Gasteiger partial charge in [0.15, 0.2) is 5.76 Å². The maximum atomic E-state index is 13.2. The molecule has 152 valence electrons. The van der Waals surface area contributed by atoms with Gasteiger partial charge in [0.25, 0.3) is 0 Å². The molecule has 2 aromatic heterocycles. The van der Waals surface area contributed by atoms with Crippen molar-refractivity contribution in [3.05, 3.63) is 82.5 Å². The molecule has 0 saturated carbocycles. The molecule has 1 atom stereocenters. The number of nitrogens with zero attached hydrogens (tertiary/aromatic N) is 3. The number of nitrogen functional groups attached to an aromatic ring is 1. The standard InChI is InChI=1S/C20H15Cl2N5O2S/c21-13-9-14(22)11-15(10-13)24-19(28)17(12-5-2-1-3-6-12)30-20-26-25-18(27(20)23)16-7-4-8-29-16/h1-11,17H,23H2,(H,24,28)/t17-/m1/s1. The number of halogens is 2. The summed E-state index contributed by atoms with van der Waals surface area (Å²) in [6, 6.07) is 17.6. The smallest absolute Gasteiger partial charge is 0.242 e. The maximum Gasteiger partial charge on any atom is 0.242 e. The largest absolute Gasteiger partial charge is 0.461 e. The fraction of sp³-hybridized carbons (Fsp3) is 0.0500. The summed E-state index contributed by atoms with van der Waals surface area (Å²) in [6.07, 6.45) is 1.52. The zero-order valence-electron chi connectivity index (χ0n) is 15.3. The molecule has 0 aliphatic carbocycles. The van der Waals surface area contributed by atoms with Crippen LogP contribution in [-0.2, 0) is 4.79 Å².